The van der Waals surface area contributed by atoms with Crippen LogP contribution in [0, 0.1) is 5.82 Å². The Morgan fingerprint density at radius 1 is 1.04 bits per heavy atom. The van der Waals surface area contributed by atoms with Gasteiger partial charge in [0, 0.05) is 6.07 Å². The van der Waals surface area contributed by atoms with Crippen LogP contribution in [0.2, 0.25) is 0 Å². The predicted molar refractivity (Wildman–Crippen MR) is 95.6 cm³/mol. The number of hydrogen-bond acceptors (Lipinski definition) is 6. The Hall–Kier alpha value is -3.29. The number of methoxy groups -OCH3 is 2. The van der Waals surface area contributed by atoms with Gasteiger partial charge in [0.1, 0.15) is 23.1 Å². The second-order valence-corrected chi connectivity index (χ2v) is 5.44. The van der Waals surface area contributed by atoms with Crippen molar-refractivity contribution >= 4 is 17.6 Å². The molecule has 7 nitrogen and oxygen atoms in total. The molecular weight excluding hydrogens is 357 g/mol. The van der Waals surface area contributed by atoms with Gasteiger partial charge in [0.2, 0.25) is 0 Å². The number of amides is 1. The van der Waals surface area contributed by atoms with Gasteiger partial charge in [0.05, 0.1) is 19.9 Å². The zero-order chi connectivity index (χ0) is 19.8. The lowest BCUT2D eigenvalue weighted by atomic mass is 10.2. The van der Waals surface area contributed by atoms with Gasteiger partial charge >= 0.3 is 5.97 Å². The van der Waals surface area contributed by atoms with Crippen LogP contribution in [0.4, 0.5) is 10.1 Å². The van der Waals surface area contributed by atoms with E-state index < -0.39 is 30.4 Å². The molecule has 0 aromatic heterocycles. The molecule has 0 aliphatic rings. The van der Waals surface area contributed by atoms with E-state index in [1.54, 1.807) is 18.2 Å². The molecule has 0 saturated carbocycles. The summed E-state index contributed by atoms with van der Waals surface area (Å²) in [6.45, 7) is 0.973. The third-order valence-corrected chi connectivity index (χ3v) is 3.49. The zero-order valence-electron chi connectivity index (χ0n) is 15.2. The molecule has 1 N–H and O–H groups in total. The summed E-state index contributed by atoms with van der Waals surface area (Å²) in [6, 6.07) is 10.1. The molecule has 0 bridgehead atoms. The average molecular weight is 377 g/mol. The summed E-state index contributed by atoms with van der Waals surface area (Å²) in [5.74, 6) is -0.390. The lowest BCUT2D eigenvalue weighted by Crippen LogP contribution is -2.29. The van der Waals surface area contributed by atoms with Crippen molar-refractivity contribution in [2.45, 2.75) is 13.0 Å². The minimum absolute atomic E-state index is 0.313. The van der Waals surface area contributed by atoms with Gasteiger partial charge < -0.3 is 24.3 Å². The number of benzene rings is 2. The fourth-order valence-electron chi connectivity index (χ4n) is 2.11. The van der Waals surface area contributed by atoms with Crippen LogP contribution in [0.1, 0.15) is 6.92 Å². The van der Waals surface area contributed by atoms with Gasteiger partial charge in [-0.3, -0.25) is 4.79 Å². The minimum Gasteiger partial charge on any atom is -0.497 e. The van der Waals surface area contributed by atoms with Crippen LogP contribution in [0.5, 0.6) is 17.2 Å². The van der Waals surface area contributed by atoms with Crippen LogP contribution in [0.15, 0.2) is 42.5 Å². The van der Waals surface area contributed by atoms with E-state index in [9.17, 15) is 14.0 Å². The number of halogens is 1. The molecular formula is C19H20FNO6. The highest BCUT2D eigenvalue weighted by molar-refractivity contribution is 5.94. The highest BCUT2D eigenvalue weighted by atomic mass is 19.1. The molecule has 0 unspecified atom stereocenters. The van der Waals surface area contributed by atoms with E-state index in [4.69, 9.17) is 18.9 Å². The van der Waals surface area contributed by atoms with Crippen molar-refractivity contribution < 1.29 is 32.9 Å². The van der Waals surface area contributed by atoms with Crippen LogP contribution in [-0.2, 0) is 14.3 Å². The minimum atomic E-state index is -0.959. The SMILES string of the molecule is COc1ccc(NC(=O)COC(=O)[C@@H](C)Oc2ccc(F)cc2)c(OC)c1. The van der Waals surface area contributed by atoms with Gasteiger partial charge in [-0.2, -0.15) is 0 Å². The average Bonchev–Trinajstić information content (AvgIpc) is 2.68. The third-order valence-electron chi connectivity index (χ3n) is 3.49. The normalized spacial score (nSPS) is 11.3. The molecule has 0 fully saturated rings. The second kappa shape index (κ2) is 9.42. The van der Waals surface area contributed by atoms with Crippen LogP contribution in [0.3, 0.4) is 0 Å². The Labute approximate surface area is 156 Å². The number of nitrogens with one attached hydrogen (secondary N) is 1. The largest absolute Gasteiger partial charge is 0.497 e. The number of hydrogen-bond donors (Lipinski definition) is 1. The van der Waals surface area contributed by atoms with E-state index in [0.29, 0.717) is 22.9 Å². The molecule has 1 atom stereocenters. The fraction of sp³-hybridized carbons (Fsp3) is 0.263. The van der Waals surface area contributed by atoms with Crippen molar-refractivity contribution in [2.24, 2.45) is 0 Å². The van der Waals surface area contributed by atoms with Crippen LogP contribution < -0.4 is 19.5 Å². The van der Waals surface area contributed by atoms with E-state index in [1.165, 1.54) is 45.4 Å². The Morgan fingerprint density at radius 2 is 1.70 bits per heavy atom. The Bertz CT molecular complexity index is 793. The highest BCUT2D eigenvalue weighted by Crippen LogP contribution is 2.28. The third kappa shape index (κ3) is 5.88. The second-order valence-electron chi connectivity index (χ2n) is 5.44. The Balaban J connectivity index is 1.85. The first-order valence-electron chi connectivity index (χ1n) is 8.03. The number of anilines is 1. The van der Waals surface area contributed by atoms with Crippen LogP contribution in [0.25, 0.3) is 0 Å². The zero-order valence-corrected chi connectivity index (χ0v) is 15.2. The molecule has 2 aromatic carbocycles. The summed E-state index contributed by atoms with van der Waals surface area (Å²) in [4.78, 5) is 23.9. The summed E-state index contributed by atoms with van der Waals surface area (Å²) in [6.07, 6.45) is -0.959. The van der Waals surface area contributed by atoms with Gasteiger partial charge in [-0.25, -0.2) is 9.18 Å². The predicted octanol–water partition coefficient (Wildman–Crippen LogP) is 2.79. The molecule has 0 heterocycles. The molecule has 0 aliphatic carbocycles. The van der Waals surface area contributed by atoms with Gasteiger partial charge in [-0.1, -0.05) is 0 Å². The van der Waals surface area contributed by atoms with Crippen LogP contribution >= 0.6 is 0 Å². The monoisotopic (exact) mass is 377 g/mol. The molecule has 8 heteroatoms. The number of carbonyl (C=O) groups excluding carboxylic acids is 2. The van der Waals surface area contributed by atoms with Crippen molar-refractivity contribution in [2.75, 3.05) is 26.1 Å². The molecule has 2 aromatic rings. The maximum atomic E-state index is 12.9. The van der Waals surface area contributed by atoms with E-state index in [1.807, 2.05) is 0 Å². The number of esters is 1. The summed E-state index contributed by atoms with van der Waals surface area (Å²) in [5, 5.41) is 2.58. The molecule has 2 rings (SSSR count). The van der Waals surface area contributed by atoms with Crippen molar-refractivity contribution in [3.05, 3.63) is 48.3 Å². The number of rotatable bonds is 8. The lowest BCUT2D eigenvalue weighted by Gasteiger charge is -2.14. The Kier molecular flexibility index (Phi) is 6.99. The first kappa shape index (κ1) is 20.0. The Morgan fingerprint density at radius 3 is 2.33 bits per heavy atom. The summed E-state index contributed by atoms with van der Waals surface area (Å²) in [7, 11) is 2.97. The molecule has 1 amide bonds. The van der Waals surface area contributed by atoms with Gasteiger partial charge in [0.15, 0.2) is 12.7 Å². The molecule has 0 radical (unpaired) electrons. The van der Waals surface area contributed by atoms with Gasteiger partial charge in [-0.05, 0) is 43.3 Å². The first-order chi connectivity index (χ1) is 12.9. The maximum Gasteiger partial charge on any atom is 0.347 e. The van der Waals surface area contributed by atoms with Gasteiger partial charge in [0.25, 0.3) is 5.91 Å². The van der Waals surface area contributed by atoms with E-state index in [-0.39, 0.29) is 0 Å². The molecule has 0 spiro atoms. The fourth-order valence-corrected chi connectivity index (χ4v) is 2.11. The summed E-state index contributed by atoms with van der Waals surface area (Å²) in [5.41, 5.74) is 0.412. The smallest absolute Gasteiger partial charge is 0.347 e. The molecule has 27 heavy (non-hydrogen) atoms. The molecule has 0 saturated heterocycles. The highest BCUT2D eigenvalue weighted by Gasteiger charge is 2.18. The van der Waals surface area contributed by atoms with E-state index >= 15 is 0 Å². The first-order valence-corrected chi connectivity index (χ1v) is 8.03. The maximum absolute atomic E-state index is 12.9. The van der Waals surface area contributed by atoms with Crippen LogP contribution in [-0.4, -0.2) is 38.8 Å². The van der Waals surface area contributed by atoms with E-state index in [0.717, 1.165) is 0 Å². The standard InChI is InChI=1S/C19H20FNO6/c1-12(27-14-6-4-13(20)5-7-14)19(23)26-11-18(22)21-16-9-8-15(24-2)10-17(16)25-3/h4-10,12H,11H2,1-3H3,(H,21,22)/t12-/m1/s1. The van der Waals surface area contributed by atoms with E-state index in [2.05, 4.69) is 5.32 Å². The molecule has 144 valence electrons. The quantitative estimate of drug-likeness (QED) is 0.713. The summed E-state index contributed by atoms with van der Waals surface area (Å²) >= 11 is 0. The lowest BCUT2D eigenvalue weighted by molar-refractivity contribution is -0.153. The van der Waals surface area contributed by atoms with Crippen molar-refractivity contribution in [3.8, 4) is 17.2 Å². The van der Waals surface area contributed by atoms with Gasteiger partial charge in [-0.15, -0.1) is 0 Å². The summed E-state index contributed by atoms with van der Waals surface area (Å²) < 4.78 is 33.4. The van der Waals surface area contributed by atoms with Crippen molar-refractivity contribution in [1.29, 1.82) is 0 Å². The molecule has 0 aliphatic heterocycles. The van der Waals surface area contributed by atoms with Crippen molar-refractivity contribution in [3.63, 3.8) is 0 Å². The topological polar surface area (TPSA) is 83.1 Å². The number of carbonyl (C=O) groups is 2. The number of ether oxygens (including phenoxy) is 4. The van der Waals surface area contributed by atoms with Crippen molar-refractivity contribution in [1.82, 2.24) is 0 Å².